The Labute approximate surface area is 282 Å². The standard InChI is InChI=1S/C42H36O6/c1-7-46-40(43)34-19-10-31(11-20-34)16-25-37-28(4)38(26-17-32-12-21-35(22-13-32)41(44)47-8-2)30(6)39(29(37)5)27-18-33-14-23-36(24-15-33)42(45)48-9-3/h10-15,19-24H,7-9H2,1-6H3. The maximum atomic E-state index is 12.1. The highest BCUT2D eigenvalue weighted by molar-refractivity contribution is 5.90. The molecule has 48 heavy (non-hydrogen) atoms. The van der Waals surface area contributed by atoms with Crippen molar-refractivity contribution in [1.29, 1.82) is 0 Å². The fourth-order valence-electron chi connectivity index (χ4n) is 4.90. The quantitative estimate of drug-likeness (QED) is 0.125. The van der Waals surface area contributed by atoms with Gasteiger partial charge in [-0.05, 0) is 131 Å². The zero-order valence-corrected chi connectivity index (χ0v) is 28.0. The van der Waals surface area contributed by atoms with Crippen LogP contribution in [-0.2, 0) is 14.2 Å². The molecule has 0 aliphatic heterocycles. The number of esters is 3. The SMILES string of the molecule is CCOC(=O)c1ccc(C#Cc2c(C)c(C#Cc3ccc(C(=O)OCC)cc3)c(C)c(C#Cc3ccc(C(=O)OCC)cc3)c2C)cc1. The van der Waals surface area contributed by atoms with E-state index in [1.54, 1.807) is 93.6 Å². The van der Waals surface area contributed by atoms with Gasteiger partial charge in [0.15, 0.2) is 0 Å². The summed E-state index contributed by atoms with van der Waals surface area (Å²) in [5.74, 6) is 18.6. The minimum absolute atomic E-state index is 0.306. The van der Waals surface area contributed by atoms with E-state index in [-0.39, 0.29) is 17.9 Å². The van der Waals surface area contributed by atoms with Crippen molar-refractivity contribution in [3.63, 3.8) is 0 Å². The van der Waals surface area contributed by atoms with E-state index >= 15 is 0 Å². The molecular weight excluding hydrogens is 600 g/mol. The summed E-state index contributed by atoms with van der Waals surface area (Å²) < 4.78 is 15.3. The normalized spacial score (nSPS) is 9.88. The lowest BCUT2D eigenvalue weighted by Crippen LogP contribution is -2.04. The molecule has 0 radical (unpaired) electrons. The Kier molecular flexibility index (Phi) is 12.0. The molecule has 4 aromatic carbocycles. The van der Waals surface area contributed by atoms with Crippen LogP contribution >= 0.6 is 0 Å². The zero-order chi connectivity index (χ0) is 34.6. The summed E-state index contributed by atoms with van der Waals surface area (Å²) in [7, 11) is 0. The van der Waals surface area contributed by atoms with E-state index in [1.165, 1.54) is 0 Å². The Balaban J connectivity index is 1.78. The number of carbonyl (C=O) groups is 3. The van der Waals surface area contributed by atoms with Gasteiger partial charge in [0.25, 0.3) is 0 Å². The summed E-state index contributed by atoms with van der Waals surface area (Å²) in [6, 6.07) is 20.9. The molecule has 6 nitrogen and oxygen atoms in total. The average molecular weight is 637 g/mol. The van der Waals surface area contributed by atoms with Crippen LogP contribution in [0.1, 0.15) is 102 Å². The molecule has 0 aliphatic carbocycles. The Morgan fingerprint density at radius 3 is 0.854 bits per heavy atom. The van der Waals surface area contributed by atoms with E-state index in [9.17, 15) is 14.4 Å². The molecule has 0 heterocycles. The van der Waals surface area contributed by atoms with Crippen molar-refractivity contribution in [3.8, 4) is 35.5 Å². The van der Waals surface area contributed by atoms with Crippen LogP contribution in [0.2, 0.25) is 0 Å². The molecule has 4 aromatic rings. The number of carbonyl (C=O) groups excluding carboxylic acids is 3. The summed E-state index contributed by atoms with van der Waals surface area (Å²) in [4.78, 5) is 36.2. The van der Waals surface area contributed by atoms with Crippen molar-refractivity contribution in [1.82, 2.24) is 0 Å². The van der Waals surface area contributed by atoms with Gasteiger partial charge >= 0.3 is 17.9 Å². The minimum atomic E-state index is -0.375. The first-order valence-electron chi connectivity index (χ1n) is 15.7. The van der Waals surface area contributed by atoms with Crippen molar-refractivity contribution < 1.29 is 28.6 Å². The predicted molar refractivity (Wildman–Crippen MR) is 186 cm³/mol. The maximum Gasteiger partial charge on any atom is 0.338 e. The van der Waals surface area contributed by atoms with Gasteiger partial charge in [-0.2, -0.15) is 0 Å². The summed E-state index contributed by atoms with van der Waals surface area (Å²) >= 11 is 0. The molecule has 0 saturated heterocycles. The van der Waals surface area contributed by atoms with Gasteiger partial charge in [0, 0.05) is 33.4 Å². The second-order valence-corrected chi connectivity index (χ2v) is 10.6. The first-order valence-corrected chi connectivity index (χ1v) is 15.7. The lowest BCUT2D eigenvalue weighted by molar-refractivity contribution is 0.0516. The van der Waals surface area contributed by atoms with Crippen LogP contribution in [0, 0.1) is 56.3 Å². The predicted octanol–water partition coefficient (Wildman–Crippen LogP) is 7.34. The largest absolute Gasteiger partial charge is 0.462 e. The van der Waals surface area contributed by atoms with Crippen LogP contribution < -0.4 is 0 Å². The smallest absolute Gasteiger partial charge is 0.338 e. The van der Waals surface area contributed by atoms with Crippen molar-refractivity contribution in [3.05, 3.63) is 140 Å². The zero-order valence-electron chi connectivity index (χ0n) is 28.0. The first-order chi connectivity index (χ1) is 23.2. The molecule has 240 valence electrons. The molecule has 0 saturated carbocycles. The highest BCUT2D eigenvalue weighted by Gasteiger charge is 2.15. The van der Waals surface area contributed by atoms with E-state index in [0.29, 0.717) is 36.5 Å². The van der Waals surface area contributed by atoms with Crippen molar-refractivity contribution in [2.45, 2.75) is 41.5 Å². The third-order valence-corrected chi connectivity index (χ3v) is 7.43. The van der Waals surface area contributed by atoms with Crippen LogP contribution in [0.3, 0.4) is 0 Å². The topological polar surface area (TPSA) is 78.9 Å². The molecule has 0 aliphatic rings. The molecule has 0 N–H and O–H groups in total. The number of hydrogen-bond donors (Lipinski definition) is 0. The summed E-state index contributed by atoms with van der Waals surface area (Å²) in [6.45, 7) is 12.2. The van der Waals surface area contributed by atoms with Crippen molar-refractivity contribution in [2.24, 2.45) is 0 Å². The second kappa shape index (κ2) is 16.5. The second-order valence-electron chi connectivity index (χ2n) is 10.6. The van der Waals surface area contributed by atoms with E-state index in [0.717, 1.165) is 50.1 Å². The summed E-state index contributed by atoms with van der Waals surface area (Å²) in [6.07, 6.45) is 0. The van der Waals surface area contributed by atoms with Crippen molar-refractivity contribution >= 4 is 17.9 Å². The number of benzene rings is 4. The highest BCUT2D eigenvalue weighted by Crippen LogP contribution is 2.26. The Hall–Kier alpha value is -6.03. The van der Waals surface area contributed by atoms with E-state index in [4.69, 9.17) is 14.2 Å². The molecule has 0 bridgehead atoms. The molecule has 0 unspecified atom stereocenters. The van der Waals surface area contributed by atoms with E-state index < -0.39 is 0 Å². The fraction of sp³-hybridized carbons (Fsp3) is 0.214. The first kappa shape index (κ1) is 34.8. The molecule has 0 fully saturated rings. The monoisotopic (exact) mass is 636 g/mol. The highest BCUT2D eigenvalue weighted by atomic mass is 16.5. The molecule has 0 amide bonds. The average Bonchev–Trinajstić information content (AvgIpc) is 3.09. The van der Waals surface area contributed by atoms with Crippen molar-refractivity contribution in [2.75, 3.05) is 19.8 Å². The van der Waals surface area contributed by atoms with Gasteiger partial charge in [0.2, 0.25) is 0 Å². The van der Waals surface area contributed by atoms with Crippen LogP contribution in [0.5, 0.6) is 0 Å². The molecule has 0 spiro atoms. The minimum Gasteiger partial charge on any atom is -0.462 e. The van der Waals surface area contributed by atoms with E-state index in [2.05, 4.69) is 35.5 Å². The maximum absolute atomic E-state index is 12.1. The third-order valence-electron chi connectivity index (χ3n) is 7.43. The van der Waals surface area contributed by atoms with Gasteiger partial charge in [-0.25, -0.2) is 14.4 Å². The molecule has 0 aromatic heterocycles. The fourth-order valence-corrected chi connectivity index (χ4v) is 4.90. The lowest BCUT2D eigenvalue weighted by atomic mass is 9.88. The van der Waals surface area contributed by atoms with Gasteiger partial charge in [0.05, 0.1) is 36.5 Å². The summed E-state index contributed by atoms with van der Waals surface area (Å²) in [5.41, 5.74) is 8.78. The third kappa shape index (κ3) is 8.61. The Bertz CT molecular complexity index is 1760. The Morgan fingerprint density at radius 1 is 0.417 bits per heavy atom. The molecule has 6 heteroatoms. The van der Waals surface area contributed by atoms with Crippen LogP contribution in [-0.4, -0.2) is 37.7 Å². The van der Waals surface area contributed by atoms with Crippen LogP contribution in [0.4, 0.5) is 0 Å². The lowest BCUT2D eigenvalue weighted by Gasteiger charge is -2.14. The van der Waals surface area contributed by atoms with Crippen LogP contribution in [0.25, 0.3) is 0 Å². The van der Waals surface area contributed by atoms with Gasteiger partial charge in [-0.1, -0.05) is 35.5 Å². The van der Waals surface area contributed by atoms with Crippen LogP contribution in [0.15, 0.2) is 72.8 Å². The molecule has 0 atom stereocenters. The van der Waals surface area contributed by atoms with Gasteiger partial charge in [-0.3, -0.25) is 0 Å². The van der Waals surface area contributed by atoms with Gasteiger partial charge < -0.3 is 14.2 Å². The number of hydrogen-bond acceptors (Lipinski definition) is 6. The molecule has 4 rings (SSSR count). The summed E-state index contributed by atoms with van der Waals surface area (Å²) in [5, 5.41) is 0. The number of ether oxygens (including phenoxy) is 3. The van der Waals surface area contributed by atoms with Gasteiger partial charge in [0.1, 0.15) is 0 Å². The number of rotatable bonds is 6. The van der Waals surface area contributed by atoms with Gasteiger partial charge in [-0.15, -0.1) is 0 Å². The van der Waals surface area contributed by atoms with E-state index in [1.807, 2.05) is 20.8 Å². The Morgan fingerprint density at radius 2 is 0.646 bits per heavy atom. The molecular formula is C42H36O6.